The van der Waals surface area contributed by atoms with Crippen LogP contribution in [-0.2, 0) is 23.1 Å². The third-order valence-electron chi connectivity index (χ3n) is 4.04. The van der Waals surface area contributed by atoms with Crippen molar-refractivity contribution in [2.75, 3.05) is 26.0 Å². The SMILES string of the molecule is CCc1ccccc1NC(=O)C(=O)NC[C@@H](c1cnn(C)c1)N(C)C. The van der Waals surface area contributed by atoms with E-state index in [2.05, 4.69) is 15.7 Å². The number of likely N-dealkylation sites (N-methyl/N-ethyl adjacent to an activating group) is 1. The molecule has 0 bridgehead atoms. The fourth-order valence-electron chi connectivity index (χ4n) is 2.61. The summed E-state index contributed by atoms with van der Waals surface area (Å²) in [4.78, 5) is 26.3. The first-order chi connectivity index (χ1) is 11.9. The molecule has 1 aromatic carbocycles. The van der Waals surface area contributed by atoms with Crippen LogP contribution in [0.5, 0.6) is 0 Å². The lowest BCUT2D eigenvalue weighted by atomic mass is 10.1. The summed E-state index contributed by atoms with van der Waals surface area (Å²) in [7, 11) is 5.68. The molecule has 0 spiro atoms. The molecule has 2 rings (SSSR count). The Morgan fingerprint density at radius 1 is 1.24 bits per heavy atom. The van der Waals surface area contributed by atoms with E-state index in [0.29, 0.717) is 12.2 Å². The summed E-state index contributed by atoms with van der Waals surface area (Å²) < 4.78 is 1.71. The number of hydrogen-bond acceptors (Lipinski definition) is 4. The Labute approximate surface area is 148 Å². The number of carbonyl (C=O) groups is 2. The van der Waals surface area contributed by atoms with Gasteiger partial charge in [0.15, 0.2) is 0 Å². The molecule has 2 N–H and O–H groups in total. The van der Waals surface area contributed by atoms with Gasteiger partial charge in [-0.3, -0.25) is 14.3 Å². The summed E-state index contributed by atoms with van der Waals surface area (Å²) in [5, 5.41) is 9.53. The number of nitrogens with zero attached hydrogens (tertiary/aromatic N) is 3. The van der Waals surface area contributed by atoms with E-state index in [4.69, 9.17) is 0 Å². The zero-order chi connectivity index (χ0) is 18.4. The third kappa shape index (κ3) is 4.90. The van der Waals surface area contributed by atoms with Gasteiger partial charge in [0.2, 0.25) is 0 Å². The Morgan fingerprint density at radius 3 is 2.56 bits per heavy atom. The molecule has 2 aromatic rings. The lowest BCUT2D eigenvalue weighted by Gasteiger charge is -2.23. The maximum atomic E-state index is 12.2. The van der Waals surface area contributed by atoms with Crippen LogP contribution in [-0.4, -0.2) is 47.1 Å². The van der Waals surface area contributed by atoms with Crippen molar-refractivity contribution in [1.82, 2.24) is 20.0 Å². The smallest absolute Gasteiger partial charge is 0.313 e. The van der Waals surface area contributed by atoms with E-state index in [0.717, 1.165) is 17.5 Å². The molecule has 25 heavy (non-hydrogen) atoms. The van der Waals surface area contributed by atoms with Crippen molar-refractivity contribution in [3.05, 3.63) is 47.8 Å². The molecule has 7 heteroatoms. The molecule has 0 unspecified atom stereocenters. The summed E-state index contributed by atoms with van der Waals surface area (Å²) in [6.45, 7) is 2.32. The van der Waals surface area contributed by atoms with Crippen molar-refractivity contribution >= 4 is 17.5 Å². The van der Waals surface area contributed by atoms with Crippen molar-refractivity contribution in [2.24, 2.45) is 7.05 Å². The van der Waals surface area contributed by atoms with Gasteiger partial charge >= 0.3 is 11.8 Å². The molecule has 0 saturated heterocycles. The topological polar surface area (TPSA) is 79.3 Å². The summed E-state index contributed by atoms with van der Waals surface area (Å²) in [6, 6.07) is 7.40. The minimum Gasteiger partial charge on any atom is -0.346 e. The lowest BCUT2D eigenvalue weighted by Crippen LogP contribution is -2.40. The normalized spacial score (nSPS) is 12.0. The van der Waals surface area contributed by atoms with Crippen LogP contribution in [0, 0.1) is 0 Å². The van der Waals surface area contributed by atoms with Crippen LogP contribution in [0.3, 0.4) is 0 Å². The minimum absolute atomic E-state index is 0.0617. The van der Waals surface area contributed by atoms with E-state index in [1.54, 1.807) is 16.9 Å². The molecule has 7 nitrogen and oxygen atoms in total. The fraction of sp³-hybridized carbons (Fsp3) is 0.389. The number of aromatic nitrogens is 2. The van der Waals surface area contributed by atoms with Crippen molar-refractivity contribution in [3.8, 4) is 0 Å². The lowest BCUT2D eigenvalue weighted by molar-refractivity contribution is -0.136. The van der Waals surface area contributed by atoms with Crippen molar-refractivity contribution in [3.63, 3.8) is 0 Å². The Hall–Kier alpha value is -2.67. The van der Waals surface area contributed by atoms with Crippen LogP contribution in [0.2, 0.25) is 0 Å². The first-order valence-electron chi connectivity index (χ1n) is 8.24. The van der Waals surface area contributed by atoms with Crippen molar-refractivity contribution in [1.29, 1.82) is 0 Å². The fourth-order valence-corrected chi connectivity index (χ4v) is 2.61. The molecule has 0 aliphatic heterocycles. The highest BCUT2D eigenvalue weighted by Crippen LogP contribution is 2.17. The molecular weight excluding hydrogens is 318 g/mol. The van der Waals surface area contributed by atoms with Crippen LogP contribution >= 0.6 is 0 Å². The number of carbonyl (C=O) groups excluding carboxylic acids is 2. The van der Waals surface area contributed by atoms with E-state index in [-0.39, 0.29) is 6.04 Å². The number of anilines is 1. The summed E-state index contributed by atoms with van der Waals surface area (Å²) in [5.74, 6) is -1.31. The van der Waals surface area contributed by atoms with Gasteiger partial charge < -0.3 is 15.5 Å². The van der Waals surface area contributed by atoms with Crippen LogP contribution in [0.15, 0.2) is 36.7 Å². The maximum Gasteiger partial charge on any atom is 0.313 e. The number of benzene rings is 1. The minimum atomic E-state index is -0.662. The first kappa shape index (κ1) is 18.7. The molecule has 0 radical (unpaired) electrons. The van der Waals surface area contributed by atoms with Gasteiger partial charge in [-0.1, -0.05) is 25.1 Å². The number of amides is 2. The molecule has 0 aliphatic rings. The standard InChI is InChI=1S/C18H25N5O2/c1-5-13-8-6-7-9-15(13)21-18(25)17(24)19-11-16(22(2)3)14-10-20-23(4)12-14/h6-10,12,16H,5,11H2,1-4H3,(H,19,24)(H,21,25)/t16-/m0/s1. The third-order valence-corrected chi connectivity index (χ3v) is 4.04. The molecule has 0 aliphatic carbocycles. The van der Waals surface area contributed by atoms with Crippen LogP contribution in [0.1, 0.15) is 24.1 Å². The Bertz CT molecular complexity index is 739. The monoisotopic (exact) mass is 343 g/mol. The average Bonchev–Trinajstić information content (AvgIpc) is 3.01. The van der Waals surface area contributed by atoms with Gasteiger partial charge in [-0.15, -0.1) is 0 Å². The van der Waals surface area contributed by atoms with Crippen molar-refractivity contribution in [2.45, 2.75) is 19.4 Å². The highest BCUT2D eigenvalue weighted by Gasteiger charge is 2.20. The van der Waals surface area contributed by atoms with Gasteiger partial charge in [0.1, 0.15) is 0 Å². The molecule has 0 fully saturated rings. The van der Waals surface area contributed by atoms with Crippen LogP contribution in [0.25, 0.3) is 0 Å². The summed E-state index contributed by atoms with van der Waals surface area (Å²) in [5.41, 5.74) is 2.64. The van der Waals surface area contributed by atoms with Gasteiger partial charge in [-0.05, 0) is 32.1 Å². The van der Waals surface area contributed by atoms with Gasteiger partial charge in [0.05, 0.1) is 12.2 Å². The quantitative estimate of drug-likeness (QED) is 0.776. The Morgan fingerprint density at radius 2 is 1.96 bits per heavy atom. The molecule has 134 valence electrons. The largest absolute Gasteiger partial charge is 0.346 e. The number of nitrogens with one attached hydrogen (secondary N) is 2. The molecule has 1 heterocycles. The highest BCUT2D eigenvalue weighted by molar-refractivity contribution is 6.39. The zero-order valence-corrected chi connectivity index (χ0v) is 15.1. The Kier molecular flexibility index (Phi) is 6.30. The van der Waals surface area contributed by atoms with E-state index in [1.807, 2.05) is 57.4 Å². The van der Waals surface area contributed by atoms with Gasteiger partial charge in [0.25, 0.3) is 0 Å². The van der Waals surface area contributed by atoms with Crippen LogP contribution < -0.4 is 10.6 Å². The molecule has 0 saturated carbocycles. The van der Waals surface area contributed by atoms with E-state index in [1.165, 1.54) is 0 Å². The molecule has 1 atom stereocenters. The Balaban J connectivity index is 1.97. The predicted octanol–water partition coefficient (Wildman–Crippen LogP) is 1.34. The second-order valence-corrected chi connectivity index (χ2v) is 6.10. The number of hydrogen-bond donors (Lipinski definition) is 2. The van der Waals surface area contributed by atoms with E-state index < -0.39 is 11.8 Å². The number of aryl methyl sites for hydroxylation is 2. The average molecular weight is 343 g/mol. The van der Waals surface area contributed by atoms with E-state index in [9.17, 15) is 9.59 Å². The van der Waals surface area contributed by atoms with Crippen LogP contribution in [0.4, 0.5) is 5.69 Å². The van der Waals surface area contributed by atoms with Gasteiger partial charge in [0, 0.05) is 31.0 Å². The first-order valence-corrected chi connectivity index (χ1v) is 8.24. The molecular formula is C18H25N5O2. The van der Waals surface area contributed by atoms with Crippen molar-refractivity contribution < 1.29 is 9.59 Å². The zero-order valence-electron chi connectivity index (χ0n) is 15.1. The highest BCUT2D eigenvalue weighted by atomic mass is 16.2. The number of rotatable bonds is 6. The molecule has 1 aromatic heterocycles. The predicted molar refractivity (Wildman–Crippen MR) is 97.1 cm³/mol. The summed E-state index contributed by atoms with van der Waals surface area (Å²) in [6.07, 6.45) is 4.44. The molecule has 2 amide bonds. The van der Waals surface area contributed by atoms with Gasteiger partial charge in [-0.2, -0.15) is 5.10 Å². The van der Waals surface area contributed by atoms with E-state index >= 15 is 0 Å². The second-order valence-electron chi connectivity index (χ2n) is 6.10. The number of para-hydroxylation sites is 1. The maximum absolute atomic E-state index is 12.2. The summed E-state index contributed by atoms with van der Waals surface area (Å²) >= 11 is 0. The second kappa shape index (κ2) is 8.43. The van der Waals surface area contributed by atoms with Gasteiger partial charge in [-0.25, -0.2) is 0 Å².